The van der Waals surface area contributed by atoms with E-state index in [-0.39, 0.29) is 36.5 Å². The van der Waals surface area contributed by atoms with E-state index < -0.39 is 5.25 Å². The maximum Gasteiger partial charge on any atom is 0.240 e. The van der Waals surface area contributed by atoms with E-state index in [2.05, 4.69) is 5.32 Å². The minimum Gasteiger partial charge on any atom is -0.467 e. The summed E-state index contributed by atoms with van der Waals surface area (Å²) >= 11 is 1.34. The van der Waals surface area contributed by atoms with Gasteiger partial charge in [0.2, 0.25) is 11.8 Å². The zero-order valence-electron chi connectivity index (χ0n) is 23.2. The van der Waals surface area contributed by atoms with Gasteiger partial charge >= 0.3 is 0 Å². The van der Waals surface area contributed by atoms with E-state index in [0.29, 0.717) is 28.4 Å². The van der Waals surface area contributed by atoms with E-state index in [9.17, 15) is 9.59 Å². The van der Waals surface area contributed by atoms with Gasteiger partial charge in [-0.3, -0.25) is 14.5 Å². The molecule has 212 valence electrons. The maximum atomic E-state index is 15.4. The van der Waals surface area contributed by atoms with Gasteiger partial charge in [-0.05, 0) is 43.7 Å². The number of thioether (sulfide) groups is 1. The Balaban J connectivity index is 1.57. The van der Waals surface area contributed by atoms with Crippen molar-refractivity contribution in [2.24, 2.45) is 0 Å². The molecule has 0 fully saturated rings. The molecule has 0 saturated heterocycles. The van der Waals surface area contributed by atoms with Crippen molar-refractivity contribution >= 4 is 29.4 Å². The lowest BCUT2D eigenvalue weighted by Crippen LogP contribution is -2.42. The number of hydrogen-bond donors (Lipinski definition) is 1. The number of carbonyl (C=O) groups excluding carboxylic acids is 2. The summed E-state index contributed by atoms with van der Waals surface area (Å²) in [5, 5.41) is 7.39. The van der Waals surface area contributed by atoms with Crippen LogP contribution in [0.4, 0.5) is 10.2 Å². The molecule has 42 heavy (non-hydrogen) atoms. The third-order valence-electron chi connectivity index (χ3n) is 7.25. The quantitative estimate of drug-likeness (QED) is 0.242. The summed E-state index contributed by atoms with van der Waals surface area (Å²) in [5.74, 6) is 0.135. The first kappa shape index (κ1) is 27.5. The second-order valence-electron chi connectivity index (χ2n) is 10.2. The molecule has 0 bridgehead atoms. The lowest BCUT2D eigenvalue weighted by atomic mass is 9.99. The van der Waals surface area contributed by atoms with Crippen molar-refractivity contribution in [1.29, 1.82) is 0 Å². The molecule has 0 spiro atoms. The Labute approximate surface area is 247 Å². The van der Waals surface area contributed by atoms with Crippen LogP contribution >= 0.6 is 11.8 Å². The van der Waals surface area contributed by atoms with Gasteiger partial charge in [-0.15, -0.1) is 11.8 Å². The molecule has 3 heterocycles. The highest BCUT2D eigenvalue weighted by atomic mass is 32.2. The van der Waals surface area contributed by atoms with E-state index in [4.69, 9.17) is 9.52 Å². The normalized spacial score (nSPS) is 14.9. The van der Waals surface area contributed by atoms with Crippen molar-refractivity contribution in [3.63, 3.8) is 0 Å². The summed E-state index contributed by atoms with van der Waals surface area (Å²) in [6, 6.07) is 25.8. The van der Waals surface area contributed by atoms with Crippen LogP contribution in [-0.4, -0.2) is 33.9 Å². The zero-order chi connectivity index (χ0) is 29.2. The van der Waals surface area contributed by atoms with Crippen LogP contribution in [0.3, 0.4) is 0 Å². The van der Waals surface area contributed by atoms with Crippen LogP contribution in [-0.2, 0) is 16.1 Å². The van der Waals surface area contributed by atoms with Crippen LogP contribution in [0.2, 0.25) is 0 Å². The molecule has 9 heteroatoms. The predicted molar refractivity (Wildman–Crippen MR) is 162 cm³/mol. The van der Waals surface area contributed by atoms with E-state index >= 15 is 4.39 Å². The number of amides is 2. The second kappa shape index (κ2) is 11.7. The molecule has 0 aliphatic carbocycles. The van der Waals surface area contributed by atoms with Gasteiger partial charge in [-0.2, -0.15) is 5.10 Å². The Morgan fingerprint density at radius 3 is 2.57 bits per heavy atom. The minimum absolute atomic E-state index is 0.0558. The number of anilines is 1. The molecule has 2 aromatic heterocycles. The summed E-state index contributed by atoms with van der Waals surface area (Å²) in [4.78, 5) is 28.6. The van der Waals surface area contributed by atoms with E-state index in [0.717, 1.165) is 22.4 Å². The van der Waals surface area contributed by atoms with Crippen molar-refractivity contribution in [2.75, 3.05) is 17.2 Å². The van der Waals surface area contributed by atoms with Crippen LogP contribution < -0.4 is 10.2 Å². The third-order valence-corrected chi connectivity index (χ3v) is 8.48. The molecule has 1 N–H and O–H groups in total. The fourth-order valence-electron chi connectivity index (χ4n) is 5.27. The number of benzene rings is 3. The molecule has 1 atom stereocenters. The number of aromatic nitrogens is 2. The number of nitrogens with one attached hydrogen (secondary N) is 1. The smallest absolute Gasteiger partial charge is 0.240 e. The molecule has 0 saturated carbocycles. The summed E-state index contributed by atoms with van der Waals surface area (Å²) in [6.07, 6.45) is 1.54. The van der Waals surface area contributed by atoms with Gasteiger partial charge in [0.1, 0.15) is 23.9 Å². The number of hydrogen-bond acceptors (Lipinski definition) is 5. The lowest BCUT2D eigenvalue weighted by Gasteiger charge is -2.24. The van der Waals surface area contributed by atoms with Gasteiger partial charge in [0, 0.05) is 16.7 Å². The second-order valence-corrected chi connectivity index (χ2v) is 11.3. The minimum atomic E-state index is -0.545. The molecular formula is C33H29FN4O3S. The highest BCUT2D eigenvalue weighted by Crippen LogP contribution is 2.49. The molecule has 6 rings (SSSR count). The van der Waals surface area contributed by atoms with Crippen molar-refractivity contribution in [1.82, 2.24) is 15.1 Å². The Bertz CT molecular complexity index is 1750. The molecule has 1 aliphatic heterocycles. The third kappa shape index (κ3) is 5.35. The molecule has 2 amide bonds. The molecule has 1 unspecified atom stereocenters. The summed E-state index contributed by atoms with van der Waals surface area (Å²) in [6.45, 7) is 3.96. The van der Waals surface area contributed by atoms with Crippen molar-refractivity contribution < 1.29 is 18.4 Å². The van der Waals surface area contributed by atoms with Gasteiger partial charge in [0.05, 0.1) is 35.2 Å². The van der Waals surface area contributed by atoms with Crippen LogP contribution in [0.5, 0.6) is 0 Å². The first-order chi connectivity index (χ1) is 20.4. The molecule has 1 aliphatic rings. The first-order valence-electron chi connectivity index (χ1n) is 13.6. The molecule has 3 aromatic carbocycles. The number of fused-ring (bicyclic) bond motifs is 1. The maximum absolute atomic E-state index is 15.4. The molecule has 5 aromatic rings. The van der Waals surface area contributed by atoms with Gasteiger partial charge in [0.15, 0.2) is 0 Å². The lowest BCUT2D eigenvalue weighted by molar-refractivity contribution is -0.123. The van der Waals surface area contributed by atoms with Crippen LogP contribution in [0, 0.1) is 19.7 Å². The van der Waals surface area contributed by atoms with Crippen LogP contribution in [0.1, 0.15) is 33.3 Å². The standard InChI is InChI=1S/C33H29FN4O3S/c1-21-14-15-27(22(2)17-21)38-33-30(31(36-38)23-9-4-3-5-10-23)32(25-12-6-7-13-26(25)34)42-20-29(40)37(33)19-28(39)35-18-24-11-8-16-41-24/h3-17,32H,18-20H2,1-2H3,(H,35,39). The number of furan rings is 1. The van der Waals surface area contributed by atoms with Gasteiger partial charge in [0.25, 0.3) is 0 Å². The predicted octanol–water partition coefficient (Wildman–Crippen LogP) is 6.37. The van der Waals surface area contributed by atoms with Gasteiger partial charge < -0.3 is 9.73 Å². The van der Waals surface area contributed by atoms with E-state index in [1.54, 1.807) is 41.3 Å². The summed E-state index contributed by atoms with van der Waals surface area (Å²) in [7, 11) is 0. The average Bonchev–Trinajstić information content (AvgIpc) is 3.62. The van der Waals surface area contributed by atoms with E-state index in [1.165, 1.54) is 22.7 Å². The van der Waals surface area contributed by atoms with Crippen LogP contribution in [0.25, 0.3) is 16.9 Å². The highest BCUT2D eigenvalue weighted by Gasteiger charge is 2.38. The fourth-order valence-corrected chi connectivity index (χ4v) is 6.49. The van der Waals surface area contributed by atoms with Crippen molar-refractivity contribution in [2.45, 2.75) is 25.6 Å². The number of carbonyl (C=O) groups is 2. The summed E-state index contributed by atoms with van der Waals surface area (Å²) < 4.78 is 22.5. The Hall–Kier alpha value is -4.63. The zero-order valence-corrected chi connectivity index (χ0v) is 24.0. The Morgan fingerprint density at radius 2 is 1.83 bits per heavy atom. The number of nitrogens with zero attached hydrogens (tertiary/aromatic N) is 3. The Kier molecular flexibility index (Phi) is 7.67. The largest absolute Gasteiger partial charge is 0.467 e. The first-order valence-corrected chi connectivity index (χ1v) is 14.7. The number of halogens is 1. The van der Waals surface area contributed by atoms with Crippen LogP contribution in [0.15, 0.2) is 95.6 Å². The van der Waals surface area contributed by atoms with Gasteiger partial charge in [-0.1, -0.05) is 66.2 Å². The summed E-state index contributed by atoms with van der Waals surface area (Å²) in [5.41, 5.74) is 5.40. The topological polar surface area (TPSA) is 80.4 Å². The van der Waals surface area contributed by atoms with Crippen molar-refractivity contribution in [3.05, 3.63) is 125 Å². The average molecular weight is 581 g/mol. The molecule has 0 radical (unpaired) electrons. The van der Waals surface area contributed by atoms with Gasteiger partial charge in [-0.25, -0.2) is 9.07 Å². The fraction of sp³-hybridized carbons (Fsp3) is 0.182. The Morgan fingerprint density at radius 1 is 1.05 bits per heavy atom. The van der Waals surface area contributed by atoms with E-state index in [1.807, 2.05) is 62.4 Å². The monoisotopic (exact) mass is 580 g/mol. The molecule has 7 nitrogen and oxygen atoms in total. The van der Waals surface area contributed by atoms with Crippen molar-refractivity contribution in [3.8, 4) is 16.9 Å². The number of rotatable bonds is 7. The highest BCUT2D eigenvalue weighted by molar-refractivity contribution is 8.00. The number of aryl methyl sites for hydroxylation is 2. The molecular weight excluding hydrogens is 551 g/mol. The SMILES string of the molecule is Cc1ccc(-n2nc(-c3ccccc3)c3c2N(CC(=O)NCc2ccco2)C(=O)CSC3c2ccccc2F)c(C)c1.